The highest BCUT2D eigenvalue weighted by Crippen LogP contribution is 2.32. The van der Waals surface area contributed by atoms with E-state index in [0.717, 1.165) is 16.8 Å². The van der Waals surface area contributed by atoms with E-state index in [0.29, 0.717) is 0 Å². The van der Waals surface area contributed by atoms with Crippen LogP contribution in [0.3, 0.4) is 0 Å². The van der Waals surface area contributed by atoms with Gasteiger partial charge in [-0.1, -0.05) is 45.9 Å². The maximum atomic E-state index is 11.6. The third-order valence-corrected chi connectivity index (χ3v) is 2.92. The monoisotopic (exact) mass is 282 g/mol. The second-order valence-corrected chi connectivity index (χ2v) is 5.32. The van der Waals surface area contributed by atoms with E-state index in [1.807, 2.05) is 23.5 Å². The summed E-state index contributed by atoms with van der Waals surface area (Å²) in [6.45, 7) is 8.20. The highest BCUT2D eigenvalue weighted by Gasteiger charge is 2.16. The maximum absolute atomic E-state index is 11.6. The Morgan fingerprint density at radius 2 is 1.53 bits per heavy atom. The molecule has 19 heavy (non-hydrogen) atoms. The van der Waals surface area contributed by atoms with Gasteiger partial charge in [0, 0.05) is 5.69 Å². The minimum atomic E-state index is -0.898. The highest BCUT2D eigenvalue weighted by atomic mass is 35.5. The molecule has 0 aliphatic rings. The predicted octanol–water partition coefficient (Wildman–Crippen LogP) is 4.41. The standard InChI is InChI=1S/C14H19ClN2O2/c1-8(2)10-6-5-7-11(9(3)4)12(10)16-14(19)17-13(15)18/h5-9H,1-4H3,(H2,16,17,18,19). The summed E-state index contributed by atoms with van der Waals surface area (Å²) in [7, 11) is 0. The van der Waals surface area contributed by atoms with Crippen LogP contribution < -0.4 is 10.6 Å². The molecule has 5 heteroatoms. The molecule has 1 aromatic rings. The van der Waals surface area contributed by atoms with Gasteiger partial charge in [0.05, 0.1) is 0 Å². The van der Waals surface area contributed by atoms with Crippen LogP contribution in [0.25, 0.3) is 0 Å². The molecule has 2 N–H and O–H groups in total. The molecule has 0 saturated carbocycles. The average molecular weight is 283 g/mol. The molecule has 0 radical (unpaired) electrons. The van der Waals surface area contributed by atoms with Crippen molar-refractivity contribution >= 4 is 28.7 Å². The Hall–Kier alpha value is -1.55. The number of hydrogen-bond donors (Lipinski definition) is 2. The van der Waals surface area contributed by atoms with Gasteiger partial charge < -0.3 is 5.32 Å². The van der Waals surface area contributed by atoms with Crippen LogP contribution in [0.2, 0.25) is 0 Å². The third-order valence-electron chi connectivity index (χ3n) is 2.82. The number of nitrogens with one attached hydrogen (secondary N) is 2. The molecule has 0 spiro atoms. The number of carbonyl (C=O) groups excluding carboxylic acids is 2. The number of anilines is 1. The molecule has 0 aromatic heterocycles. The number of para-hydroxylation sites is 1. The number of amides is 3. The van der Waals surface area contributed by atoms with Gasteiger partial charge in [-0.3, -0.25) is 10.1 Å². The Morgan fingerprint density at radius 3 is 1.89 bits per heavy atom. The van der Waals surface area contributed by atoms with Gasteiger partial charge in [0.25, 0.3) is 0 Å². The van der Waals surface area contributed by atoms with Gasteiger partial charge in [-0.2, -0.15) is 0 Å². The first-order valence-electron chi connectivity index (χ1n) is 6.23. The Kier molecular flexibility index (Phi) is 5.36. The summed E-state index contributed by atoms with van der Waals surface area (Å²) in [5, 5.41) is 3.82. The quantitative estimate of drug-likeness (QED) is 0.637. The van der Waals surface area contributed by atoms with Crippen molar-refractivity contribution in [2.75, 3.05) is 5.32 Å². The van der Waals surface area contributed by atoms with Crippen LogP contribution in [0.4, 0.5) is 15.3 Å². The SMILES string of the molecule is CC(C)c1cccc(C(C)C)c1NC(=O)NC(=O)Cl. The minimum Gasteiger partial charge on any atom is -0.307 e. The third kappa shape index (κ3) is 4.24. The fourth-order valence-electron chi connectivity index (χ4n) is 1.93. The molecule has 0 atom stereocenters. The van der Waals surface area contributed by atoms with Crippen LogP contribution in [0, 0.1) is 0 Å². The maximum Gasteiger partial charge on any atom is 0.326 e. The first kappa shape index (κ1) is 15.5. The summed E-state index contributed by atoms with van der Waals surface area (Å²) in [6.07, 6.45) is 0. The number of urea groups is 1. The molecular formula is C14H19ClN2O2. The smallest absolute Gasteiger partial charge is 0.307 e. The number of benzene rings is 1. The average Bonchev–Trinajstić information content (AvgIpc) is 2.27. The Labute approximate surface area is 118 Å². The molecule has 1 rings (SSSR count). The van der Waals surface area contributed by atoms with Crippen molar-refractivity contribution in [3.8, 4) is 0 Å². The van der Waals surface area contributed by atoms with Gasteiger partial charge in [-0.25, -0.2) is 4.79 Å². The number of hydrogen-bond acceptors (Lipinski definition) is 2. The second kappa shape index (κ2) is 6.57. The summed E-state index contributed by atoms with van der Waals surface area (Å²) in [5.41, 5.74) is 2.81. The van der Waals surface area contributed by atoms with Crippen LogP contribution in [0.5, 0.6) is 0 Å². The van der Waals surface area contributed by atoms with E-state index in [1.165, 1.54) is 0 Å². The van der Waals surface area contributed by atoms with Crippen molar-refractivity contribution < 1.29 is 9.59 Å². The van der Waals surface area contributed by atoms with E-state index in [1.54, 1.807) is 0 Å². The number of carbonyl (C=O) groups is 2. The van der Waals surface area contributed by atoms with E-state index < -0.39 is 11.4 Å². The Balaban J connectivity index is 3.14. The summed E-state index contributed by atoms with van der Waals surface area (Å²) < 4.78 is 0. The van der Waals surface area contributed by atoms with Crippen molar-refractivity contribution in [2.45, 2.75) is 39.5 Å². The zero-order valence-corrected chi connectivity index (χ0v) is 12.3. The fraction of sp³-hybridized carbons (Fsp3) is 0.429. The molecule has 0 unspecified atom stereocenters. The van der Waals surface area contributed by atoms with Crippen molar-refractivity contribution in [3.63, 3.8) is 0 Å². The molecule has 3 amide bonds. The Bertz CT molecular complexity index is 458. The fourth-order valence-corrected chi connectivity index (χ4v) is 2.02. The van der Waals surface area contributed by atoms with Crippen LogP contribution in [-0.2, 0) is 0 Å². The molecule has 4 nitrogen and oxygen atoms in total. The van der Waals surface area contributed by atoms with Crippen molar-refractivity contribution in [1.29, 1.82) is 0 Å². The summed E-state index contributed by atoms with van der Waals surface area (Å²) in [6, 6.07) is 5.29. The summed E-state index contributed by atoms with van der Waals surface area (Å²) in [4.78, 5) is 22.3. The van der Waals surface area contributed by atoms with E-state index in [-0.39, 0.29) is 11.8 Å². The molecule has 0 fully saturated rings. The molecule has 104 valence electrons. The predicted molar refractivity (Wildman–Crippen MR) is 78.0 cm³/mol. The van der Waals surface area contributed by atoms with Gasteiger partial charge in [-0.15, -0.1) is 0 Å². The number of imide groups is 1. The Morgan fingerprint density at radius 1 is 1.05 bits per heavy atom. The van der Waals surface area contributed by atoms with Gasteiger partial charge in [0.15, 0.2) is 0 Å². The van der Waals surface area contributed by atoms with Gasteiger partial charge in [0.2, 0.25) is 0 Å². The highest BCUT2D eigenvalue weighted by molar-refractivity contribution is 6.64. The van der Waals surface area contributed by atoms with Crippen LogP contribution >= 0.6 is 11.6 Å². The molecule has 0 heterocycles. The van der Waals surface area contributed by atoms with Gasteiger partial charge in [-0.05, 0) is 34.6 Å². The lowest BCUT2D eigenvalue weighted by Crippen LogP contribution is -2.31. The molecular weight excluding hydrogens is 264 g/mol. The molecule has 0 aliphatic carbocycles. The lowest BCUT2D eigenvalue weighted by atomic mass is 9.93. The van der Waals surface area contributed by atoms with E-state index >= 15 is 0 Å². The van der Waals surface area contributed by atoms with E-state index in [4.69, 9.17) is 11.6 Å². The largest absolute Gasteiger partial charge is 0.326 e. The molecule has 0 bridgehead atoms. The molecule has 0 saturated heterocycles. The van der Waals surface area contributed by atoms with Crippen LogP contribution in [-0.4, -0.2) is 11.4 Å². The van der Waals surface area contributed by atoms with Crippen molar-refractivity contribution in [3.05, 3.63) is 29.3 Å². The van der Waals surface area contributed by atoms with Crippen molar-refractivity contribution in [2.24, 2.45) is 0 Å². The zero-order valence-electron chi connectivity index (χ0n) is 11.6. The van der Waals surface area contributed by atoms with Crippen molar-refractivity contribution in [1.82, 2.24) is 5.32 Å². The van der Waals surface area contributed by atoms with E-state index in [9.17, 15) is 9.59 Å². The number of rotatable bonds is 3. The van der Waals surface area contributed by atoms with Crippen LogP contribution in [0.1, 0.15) is 50.7 Å². The number of halogens is 1. The summed E-state index contributed by atoms with van der Waals surface area (Å²) >= 11 is 5.13. The molecule has 1 aromatic carbocycles. The van der Waals surface area contributed by atoms with Gasteiger partial charge >= 0.3 is 11.4 Å². The zero-order chi connectivity index (χ0) is 14.6. The lowest BCUT2D eigenvalue weighted by Gasteiger charge is -2.19. The topological polar surface area (TPSA) is 58.2 Å². The van der Waals surface area contributed by atoms with Gasteiger partial charge in [0.1, 0.15) is 0 Å². The summed E-state index contributed by atoms with van der Waals surface area (Å²) in [5.74, 6) is 0.529. The first-order chi connectivity index (χ1) is 8.82. The second-order valence-electron chi connectivity index (χ2n) is 4.97. The first-order valence-corrected chi connectivity index (χ1v) is 6.61. The minimum absolute atomic E-state index is 0.265. The van der Waals surface area contributed by atoms with Crippen LogP contribution in [0.15, 0.2) is 18.2 Å². The normalized spacial score (nSPS) is 10.7. The molecule has 0 aliphatic heterocycles. The van der Waals surface area contributed by atoms with E-state index in [2.05, 4.69) is 33.0 Å². The lowest BCUT2D eigenvalue weighted by molar-refractivity contribution is 0.244.